The summed E-state index contributed by atoms with van der Waals surface area (Å²) in [6, 6.07) is 12.5. The first-order chi connectivity index (χ1) is 10.2. The molecular formula is C15H11N5O. The van der Waals surface area contributed by atoms with Gasteiger partial charge in [-0.3, -0.25) is 4.79 Å². The molecule has 0 saturated heterocycles. The lowest BCUT2D eigenvalue weighted by atomic mass is 10.2. The van der Waals surface area contributed by atoms with E-state index in [1.54, 1.807) is 6.20 Å². The van der Waals surface area contributed by atoms with E-state index < -0.39 is 0 Å². The zero-order valence-electron chi connectivity index (χ0n) is 10.9. The van der Waals surface area contributed by atoms with Gasteiger partial charge in [0, 0.05) is 23.3 Å². The van der Waals surface area contributed by atoms with Gasteiger partial charge < -0.3 is 10.7 Å². The first-order valence-corrected chi connectivity index (χ1v) is 6.45. The van der Waals surface area contributed by atoms with Gasteiger partial charge >= 0.3 is 0 Å². The molecule has 4 aromatic rings. The highest BCUT2D eigenvalue weighted by Crippen LogP contribution is 2.21. The Labute approximate surface area is 118 Å². The van der Waals surface area contributed by atoms with Crippen LogP contribution in [-0.4, -0.2) is 19.5 Å². The van der Waals surface area contributed by atoms with E-state index in [1.165, 1.54) is 10.6 Å². The van der Waals surface area contributed by atoms with Crippen LogP contribution in [0.4, 0.5) is 5.69 Å². The number of aromatic amines is 1. The Morgan fingerprint density at radius 2 is 2.00 bits per heavy atom. The molecule has 0 unspecified atom stereocenters. The van der Waals surface area contributed by atoms with Crippen LogP contribution in [0.5, 0.6) is 0 Å². The average molecular weight is 277 g/mol. The van der Waals surface area contributed by atoms with E-state index in [0.717, 1.165) is 10.9 Å². The summed E-state index contributed by atoms with van der Waals surface area (Å²) in [7, 11) is 0. The maximum atomic E-state index is 12.3. The number of rotatable bonds is 1. The third kappa shape index (κ3) is 1.69. The minimum Gasteiger partial charge on any atom is -0.398 e. The molecule has 21 heavy (non-hydrogen) atoms. The monoisotopic (exact) mass is 277 g/mol. The fourth-order valence-corrected chi connectivity index (χ4v) is 2.46. The third-order valence-electron chi connectivity index (χ3n) is 3.41. The third-order valence-corrected chi connectivity index (χ3v) is 3.41. The van der Waals surface area contributed by atoms with Crippen LogP contribution in [0.1, 0.15) is 0 Å². The van der Waals surface area contributed by atoms with Gasteiger partial charge in [-0.05, 0) is 18.2 Å². The molecule has 6 heteroatoms. The smallest absolute Gasteiger partial charge is 0.260 e. The number of H-pyrrole nitrogens is 1. The van der Waals surface area contributed by atoms with Crippen molar-refractivity contribution in [2.75, 3.05) is 5.73 Å². The molecule has 1 aromatic carbocycles. The minimum absolute atomic E-state index is 0.231. The van der Waals surface area contributed by atoms with E-state index in [-0.39, 0.29) is 5.56 Å². The van der Waals surface area contributed by atoms with Crippen molar-refractivity contribution in [3.63, 3.8) is 0 Å². The summed E-state index contributed by atoms with van der Waals surface area (Å²) < 4.78 is 1.51. The van der Waals surface area contributed by atoms with Crippen molar-refractivity contribution in [2.24, 2.45) is 0 Å². The quantitative estimate of drug-likeness (QED) is 0.555. The zero-order valence-corrected chi connectivity index (χ0v) is 10.9. The average Bonchev–Trinajstić information content (AvgIpc) is 2.90. The van der Waals surface area contributed by atoms with Gasteiger partial charge in [0.1, 0.15) is 0 Å². The lowest BCUT2D eigenvalue weighted by Crippen LogP contribution is -2.19. The maximum Gasteiger partial charge on any atom is 0.260 e. The fraction of sp³-hybridized carbons (Fsp3) is 0. The normalized spacial score (nSPS) is 11.2. The second-order valence-corrected chi connectivity index (χ2v) is 4.73. The lowest BCUT2D eigenvalue weighted by Gasteiger charge is -2.08. The van der Waals surface area contributed by atoms with Gasteiger partial charge in [-0.15, -0.1) is 0 Å². The Bertz CT molecular complexity index is 998. The molecule has 3 heterocycles. The van der Waals surface area contributed by atoms with E-state index in [4.69, 9.17) is 5.73 Å². The Hall–Kier alpha value is -3.15. The van der Waals surface area contributed by atoms with Crippen LogP contribution < -0.4 is 11.3 Å². The number of hydrogen-bond donors (Lipinski definition) is 2. The van der Waals surface area contributed by atoms with E-state index in [2.05, 4.69) is 15.0 Å². The highest BCUT2D eigenvalue weighted by molar-refractivity contribution is 5.91. The molecule has 0 fully saturated rings. The molecule has 0 saturated carbocycles. The first-order valence-electron chi connectivity index (χ1n) is 6.45. The molecule has 0 aliphatic rings. The summed E-state index contributed by atoms with van der Waals surface area (Å²) in [5.74, 6) is 0.435. The predicted octanol–water partition coefficient (Wildman–Crippen LogP) is 1.84. The number of fused-ring (bicyclic) bond motifs is 2. The van der Waals surface area contributed by atoms with Crippen molar-refractivity contribution in [3.05, 3.63) is 59.0 Å². The van der Waals surface area contributed by atoms with E-state index in [1.807, 2.05) is 36.4 Å². The zero-order chi connectivity index (χ0) is 14.4. The van der Waals surface area contributed by atoms with Crippen LogP contribution >= 0.6 is 0 Å². The minimum atomic E-state index is -0.231. The van der Waals surface area contributed by atoms with Crippen LogP contribution in [0.25, 0.3) is 28.0 Å². The van der Waals surface area contributed by atoms with E-state index >= 15 is 0 Å². The SMILES string of the molecule is Nc1cc(=O)n(-c2nc3ncccc3[nH]2)c2ccccc12. The van der Waals surface area contributed by atoms with Gasteiger partial charge in [0.25, 0.3) is 5.56 Å². The standard InChI is InChI=1S/C15H11N5O/c16-10-8-13(21)20(12-6-2-1-4-9(10)12)15-18-11-5-3-7-17-14(11)19-15/h1-8H,16H2,(H,17,18,19). The molecule has 0 spiro atoms. The molecule has 4 rings (SSSR count). The van der Waals surface area contributed by atoms with Gasteiger partial charge in [0.05, 0.1) is 11.0 Å². The number of para-hydroxylation sites is 1. The highest BCUT2D eigenvalue weighted by atomic mass is 16.1. The van der Waals surface area contributed by atoms with Crippen molar-refractivity contribution in [3.8, 4) is 5.95 Å². The second kappa shape index (κ2) is 4.17. The lowest BCUT2D eigenvalue weighted by molar-refractivity contribution is 0.959. The van der Waals surface area contributed by atoms with Gasteiger partial charge in [0.2, 0.25) is 5.95 Å². The molecule has 0 aliphatic carbocycles. The highest BCUT2D eigenvalue weighted by Gasteiger charge is 2.12. The summed E-state index contributed by atoms with van der Waals surface area (Å²) in [4.78, 5) is 24.0. The first kappa shape index (κ1) is 11.7. The van der Waals surface area contributed by atoms with Gasteiger partial charge in [0.15, 0.2) is 5.65 Å². The van der Waals surface area contributed by atoms with Gasteiger partial charge in [-0.2, -0.15) is 4.98 Å². The Kier molecular flexibility index (Phi) is 2.32. The molecule has 3 N–H and O–H groups in total. The van der Waals surface area contributed by atoms with Crippen molar-refractivity contribution < 1.29 is 0 Å². The Balaban J connectivity index is 2.12. The number of benzene rings is 1. The molecule has 3 aromatic heterocycles. The Morgan fingerprint density at radius 3 is 2.86 bits per heavy atom. The molecule has 6 nitrogen and oxygen atoms in total. The van der Waals surface area contributed by atoms with Crippen LogP contribution in [-0.2, 0) is 0 Å². The summed E-state index contributed by atoms with van der Waals surface area (Å²) in [6.45, 7) is 0. The summed E-state index contributed by atoms with van der Waals surface area (Å²) in [5, 5.41) is 0.811. The molecule has 0 radical (unpaired) electrons. The van der Waals surface area contributed by atoms with Crippen molar-refractivity contribution in [2.45, 2.75) is 0 Å². The molecular weight excluding hydrogens is 266 g/mol. The largest absolute Gasteiger partial charge is 0.398 e. The number of nitrogens with two attached hydrogens (primary N) is 1. The van der Waals surface area contributed by atoms with Crippen LogP contribution in [0.15, 0.2) is 53.5 Å². The summed E-state index contributed by atoms with van der Waals surface area (Å²) in [6.07, 6.45) is 1.66. The Morgan fingerprint density at radius 1 is 1.14 bits per heavy atom. The fourth-order valence-electron chi connectivity index (χ4n) is 2.46. The number of pyridine rings is 2. The van der Waals surface area contributed by atoms with Gasteiger partial charge in [-0.1, -0.05) is 18.2 Å². The molecule has 0 aliphatic heterocycles. The second-order valence-electron chi connectivity index (χ2n) is 4.73. The number of nitrogen functional groups attached to an aromatic ring is 1. The number of imidazole rings is 1. The van der Waals surface area contributed by atoms with Crippen molar-refractivity contribution in [1.29, 1.82) is 0 Å². The number of anilines is 1. The molecule has 0 bridgehead atoms. The van der Waals surface area contributed by atoms with Crippen LogP contribution in [0.2, 0.25) is 0 Å². The van der Waals surface area contributed by atoms with Crippen molar-refractivity contribution >= 4 is 27.8 Å². The number of hydrogen-bond acceptors (Lipinski definition) is 4. The topological polar surface area (TPSA) is 89.6 Å². The molecule has 0 atom stereocenters. The number of aromatic nitrogens is 4. The summed E-state index contributed by atoms with van der Waals surface area (Å²) >= 11 is 0. The van der Waals surface area contributed by atoms with E-state index in [9.17, 15) is 4.79 Å². The van der Waals surface area contributed by atoms with Crippen LogP contribution in [0, 0.1) is 0 Å². The predicted molar refractivity (Wildman–Crippen MR) is 81.4 cm³/mol. The number of nitrogens with zero attached hydrogens (tertiary/aromatic N) is 3. The van der Waals surface area contributed by atoms with E-state index in [0.29, 0.717) is 22.8 Å². The maximum absolute atomic E-state index is 12.3. The molecule has 102 valence electrons. The number of nitrogens with one attached hydrogen (secondary N) is 1. The van der Waals surface area contributed by atoms with Crippen molar-refractivity contribution in [1.82, 2.24) is 19.5 Å². The molecule has 0 amide bonds. The van der Waals surface area contributed by atoms with Crippen LogP contribution in [0.3, 0.4) is 0 Å². The summed E-state index contributed by atoms with van der Waals surface area (Å²) in [5.41, 5.74) is 8.21. The van der Waals surface area contributed by atoms with Gasteiger partial charge in [-0.25, -0.2) is 9.55 Å².